The number of nitro groups is 1. The van der Waals surface area contributed by atoms with E-state index in [1.54, 1.807) is 12.3 Å². The Bertz CT molecular complexity index is 741. The summed E-state index contributed by atoms with van der Waals surface area (Å²) in [7, 11) is 0. The summed E-state index contributed by atoms with van der Waals surface area (Å²) in [6.45, 7) is 3.09. The van der Waals surface area contributed by atoms with Gasteiger partial charge in [-0.25, -0.2) is 4.98 Å². The highest BCUT2D eigenvalue weighted by molar-refractivity contribution is 6.56. The molecule has 0 aromatic carbocycles. The lowest BCUT2D eigenvalue weighted by atomic mass is 10.2. The Labute approximate surface area is 166 Å². The van der Waals surface area contributed by atoms with Crippen molar-refractivity contribution in [1.29, 1.82) is 0 Å². The van der Waals surface area contributed by atoms with Gasteiger partial charge in [0.1, 0.15) is 9.64 Å². The number of pyridine rings is 1. The quantitative estimate of drug-likeness (QED) is 0.449. The van der Waals surface area contributed by atoms with Crippen LogP contribution < -0.4 is 5.32 Å². The molecule has 140 valence electrons. The minimum atomic E-state index is -0.417. The summed E-state index contributed by atoms with van der Waals surface area (Å²) >= 11 is 17.9. The van der Waals surface area contributed by atoms with Crippen LogP contribution >= 0.6 is 34.8 Å². The van der Waals surface area contributed by atoms with Crippen molar-refractivity contribution >= 4 is 34.8 Å². The van der Waals surface area contributed by atoms with E-state index < -0.39 is 4.92 Å². The molecule has 2 fully saturated rings. The van der Waals surface area contributed by atoms with Gasteiger partial charge < -0.3 is 15.1 Å². The molecule has 2 aliphatic heterocycles. The summed E-state index contributed by atoms with van der Waals surface area (Å²) in [5, 5.41) is 15.4. The lowest BCUT2D eigenvalue weighted by Crippen LogP contribution is -2.30. The Morgan fingerprint density at radius 3 is 2.58 bits per heavy atom. The second kappa shape index (κ2) is 8.33. The first-order chi connectivity index (χ1) is 12.5. The molecule has 1 N–H and O–H groups in total. The third-order valence-corrected chi connectivity index (χ3v) is 4.97. The molecule has 0 amide bonds. The summed E-state index contributed by atoms with van der Waals surface area (Å²) in [5.41, 5.74) is 1.09. The molecule has 1 aromatic heterocycles. The van der Waals surface area contributed by atoms with Crippen LogP contribution in [0, 0.1) is 10.1 Å². The molecular weight excluding hydrogens is 401 g/mol. The number of nitrogens with one attached hydrogen (secondary N) is 1. The van der Waals surface area contributed by atoms with Crippen molar-refractivity contribution in [2.75, 3.05) is 26.2 Å². The minimum Gasteiger partial charge on any atom is -0.364 e. The van der Waals surface area contributed by atoms with Crippen molar-refractivity contribution in [3.63, 3.8) is 0 Å². The Morgan fingerprint density at radius 1 is 1.27 bits per heavy atom. The molecule has 0 unspecified atom stereocenters. The van der Waals surface area contributed by atoms with E-state index in [1.165, 1.54) is 0 Å². The van der Waals surface area contributed by atoms with Crippen molar-refractivity contribution in [1.82, 2.24) is 20.1 Å². The highest BCUT2D eigenvalue weighted by atomic mass is 35.5. The molecule has 2 saturated heterocycles. The van der Waals surface area contributed by atoms with Crippen molar-refractivity contribution in [2.45, 2.75) is 19.4 Å². The van der Waals surface area contributed by atoms with Crippen LogP contribution in [0.25, 0.3) is 0 Å². The number of halogens is 3. The zero-order valence-corrected chi connectivity index (χ0v) is 16.2. The molecule has 26 heavy (non-hydrogen) atoms. The molecule has 3 rings (SSSR count). The van der Waals surface area contributed by atoms with E-state index in [0.29, 0.717) is 43.7 Å². The maximum atomic E-state index is 11.9. The first-order valence-corrected chi connectivity index (χ1v) is 9.39. The third-order valence-electron chi connectivity index (χ3n) is 4.38. The van der Waals surface area contributed by atoms with Gasteiger partial charge >= 0.3 is 5.70 Å². The number of aromatic nitrogens is 1. The van der Waals surface area contributed by atoms with Crippen LogP contribution in [0.2, 0.25) is 5.15 Å². The molecule has 0 atom stereocenters. The summed E-state index contributed by atoms with van der Waals surface area (Å²) in [5.74, 6) is 0.422. The lowest BCUT2D eigenvalue weighted by molar-refractivity contribution is -0.425. The summed E-state index contributed by atoms with van der Waals surface area (Å²) in [6, 6.07) is 3.55. The van der Waals surface area contributed by atoms with Gasteiger partial charge in [-0.1, -0.05) is 40.9 Å². The monoisotopic (exact) mass is 417 g/mol. The molecule has 3 heterocycles. The van der Waals surface area contributed by atoms with Crippen LogP contribution in [-0.4, -0.2) is 45.9 Å². The third kappa shape index (κ3) is 4.16. The molecule has 0 radical (unpaired) electrons. The van der Waals surface area contributed by atoms with Gasteiger partial charge in [-0.2, -0.15) is 0 Å². The second-order valence-corrected chi connectivity index (χ2v) is 7.43. The first kappa shape index (κ1) is 19.1. The van der Waals surface area contributed by atoms with Gasteiger partial charge in [0.2, 0.25) is 0 Å². The zero-order valence-electron chi connectivity index (χ0n) is 13.9. The average molecular weight is 419 g/mol. The van der Waals surface area contributed by atoms with Crippen molar-refractivity contribution in [2.24, 2.45) is 0 Å². The van der Waals surface area contributed by atoms with Crippen LogP contribution in [-0.2, 0) is 6.54 Å². The molecular formula is C16H18Cl3N5O2. The topological polar surface area (TPSA) is 74.5 Å². The fourth-order valence-corrected chi connectivity index (χ4v) is 3.76. The molecule has 10 heteroatoms. The van der Waals surface area contributed by atoms with E-state index in [9.17, 15) is 10.1 Å². The Kier molecular flexibility index (Phi) is 6.11. The highest BCUT2D eigenvalue weighted by Gasteiger charge is 2.36. The maximum absolute atomic E-state index is 11.9. The van der Waals surface area contributed by atoms with E-state index in [1.807, 2.05) is 15.9 Å². The van der Waals surface area contributed by atoms with Gasteiger partial charge in [-0.15, -0.1) is 0 Å². The summed E-state index contributed by atoms with van der Waals surface area (Å²) in [6.07, 6.45) is 3.58. The van der Waals surface area contributed by atoms with Crippen molar-refractivity contribution in [3.8, 4) is 0 Å². The van der Waals surface area contributed by atoms with E-state index in [0.717, 1.165) is 18.4 Å². The van der Waals surface area contributed by atoms with E-state index in [2.05, 4.69) is 10.3 Å². The molecule has 0 spiro atoms. The molecule has 2 aliphatic rings. The smallest absolute Gasteiger partial charge is 0.334 e. The fraction of sp³-hybridized carbons (Fsp3) is 0.438. The number of likely N-dealkylation sites (tertiary alicyclic amines) is 1. The van der Waals surface area contributed by atoms with Gasteiger partial charge in [-0.05, 0) is 24.5 Å². The number of hydrogen-bond acceptors (Lipinski definition) is 6. The SMILES string of the molecule is O=[N+]([O-])/C(C(=C(Cl)Cl)N1CCCC1)=C1\NCCN1Cc1ccc(Cl)nc1. The largest absolute Gasteiger partial charge is 0.364 e. The van der Waals surface area contributed by atoms with Gasteiger partial charge in [0.05, 0.1) is 4.92 Å². The molecule has 0 aliphatic carbocycles. The summed E-state index contributed by atoms with van der Waals surface area (Å²) in [4.78, 5) is 19.3. The van der Waals surface area contributed by atoms with Crippen LogP contribution in [0.1, 0.15) is 18.4 Å². The fourth-order valence-electron chi connectivity index (χ4n) is 3.23. The van der Waals surface area contributed by atoms with Crippen LogP contribution in [0.5, 0.6) is 0 Å². The van der Waals surface area contributed by atoms with E-state index in [-0.39, 0.29) is 15.9 Å². The summed E-state index contributed by atoms with van der Waals surface area (Å²) < 4.78 is -0.0899. The van der Waals surface area contributed by atoms with Crippen molar-refractivity contribution < 1.29 is 4.92 Å². The molecule has 7 nitrogen and oxygen atoms in total. The number of rotatable bonds is 5. The molecule has 1 aromatic rings. The average Bonchev–Trinajstić information content (AvgIpc) is 3.26. The van der Waals surface area contributed by atoms with Crippen LogP contribution in [0.15, 0.2) is 40.0 Å². The zero-order chi connectivity index (χ0) is 18.7. The maximum Gasteiger partial charge on any atom is 0.334 e. The minimum absolute atomic E-state index is 0.0899. The highest BCUT2D eigenvalue weighted by Crippen LogP contribution is 2.32. The second-order valence-electron chi connectivity index (χ2n) is 6.09. The van der Waals surface area contributed by atoms with Gasteiger partial charge in [0, 0.05) is 38.9 Å². The Balaban J connectivity index is 1.97. The van der Waals surface area contributed by atoms with Gasteiger partial charge in [-0.3, -0.25) is 10.1 Å². The van der Waals surface area contributed by atoms with Gasteiger partial charge in [0.15, 0.2) is 11.5 Å². The van der Waals surface area contributed by atoms with Crippen molar-refractivity contribution in [3.05, 3.63) is 60.9 Å². The van der Waals surface area contributed by atoms with Crippen LogP contribution in [0.4, 0.5) is 0 Å². The predicted molar refractivity (Wildman–Crippen MR) is 101 cm³/mol. The lowest BCUT2D eigenvalue weighted by Gasteiger charge is -2.23. The number of hydrogen-bond donors (Lipinski definition) is 1. The number of nitrogens with zero attached hydrogens (tertiary/aromatic N) is 4. The molecule has 0 bridgehead atoms. The van der Waals surface area contributed by atoms with Crippen LogP contribution in [0.3, 0.4) is 0 Å². The normalized spacial score (nSPS) is 18.7. The Morgan fingerprint density at radius 2 is 2.00 bits per heavy atom. The first-order valence-electron chi connectivity index (χ1n) is 8.26. The predicted octanol–water partition coefficient (Wildman–Crippen LogP) is 3.33. The van der Waals surface area contributed by atoms with E-state index in [4.69, 9.17) is 34.8 Å². The van der Waals surface area contributed by atoms with E-state index >= 15 is 0 Å². The standard InChI is InChI=1S/C16H18Cl3N5O2/c17-12-4-3-11(9-21-12)10-23-8-5-20-16(23)14(24(25)26)13(15(18)19)22-6-1-2-7-22/h3-4,9,20H,1-2,5-8,10H2/b16-14+. The van der Waals surface area contributed by atoms with Gasteiger partial charge in [0.25, 0.3) is 0 Å². The molecule has 0 saturated carbocycles. The Hall–Kier alpha value is -1.70.